The highest BCUT2D eigenvalue weighted by atomic mass is 19.1. The number of fused-ring (bicyclic) bond motifs is 1. The van der Waals surface area contributed by atoms with Crippen molar-refractivity contribution < 1.29 is 13.7 Å². The molecule has 0 aliphatic rings. The number of alkyl halides is 1. The Morgan fingerprint density at radius 3 is 2.85 bits per heavy atom. The van der Waals surface area contributed by atoms with Gasteiger partial charge in [0.05, 0.1) is 10.6 Å². The fourth-order valence-electron chi connectivity index (χ4n) is 1.81. The number of rotatable bonds is 3. The molecule has 0 bridgehead atoms. The Hall–Kier alpha value is -2.83. The number of pyridine rings is 1. The van der Waals surface area contributed by atoms with E-state index in [0.717, 1.165) is 0 Å². The second-order valence-electron chi connectivity index (χ2n) is 4.08. The van der Waals surface area contributed by atoms with Crippen LogP contribution in [0, 0.1) is 10.1 Å². The van der Waals surface area contributed by atoms with Gasteiger partial charge in [-0.15, -0.1) is 0 Å². The molecule has 2 aromatic heterocycles. The Labute approximate surface area is 112 Å². The Morgan fingerprint density at radius 1 is 1.25 bits per heavy atom. The van der Waals surface area contributed by atoms with Gasteiger partial charge >= 0.3 is 0 Å². The van der Waals surface area contributed by atoms with Crippen LogP contribution < -0.4 is 0 Å². The lowest BCUT2D eigenvalue weighted by Crippen LogP contribution is -1.88. The molecule has 20 heavy (non-hydrogen) atoms. The van der Waals surface area contributed by atoms with E-state index in [1.54, 1.807) is 18.2 Å². The number of halogens is 1. The van der Waals surface area contributed by atoms with Crippen molar-refractivity contribution in [3.63, 3.8) is 0 Å². The normalized spacial score (nSPS) is 10.8. The number of hydrogen-bond acceptors (Lipinski definition) is 5. The number of nitro benzene ring substituents is 1. The van der Waals surface area contributed by atoms with Crippen LogP contribution in [-0.4, -0.2) is 14.9 Å². The van der Waals surface area contributed by atoms with Gasteiger partial charge in [-0.25, -0.2) is 9.37 Å². The average Bonchev–Trinajstić information content (AvgIpc) is 2.90. The van der Waals surface area contributed by atoms with Gasteiger partial charge in [-0.2, -0.15) is 4.98 Å². The third-order valence-corrected chi connectivity index (χ3v) is 2.75. The molecular weight excluding hydrogens is 265 g/mol. The summed E-state index contributed by atoms with van der Waals surface area (Å²) in [6, 6.07) is 9.01. The topological polar surface area (TPSA) is 82.1 Å². The van der Waals surface area contributed by atoms with E-state index in [-0.39, 0.29) is 22.9 Å². The van der Waals surface area contributed by atoms with Crippen molar-refractivity contribution >= 4 is 16.9 Å². The first-order valence-electron chi connectivity index (χ1n) is 5.74. The maximum Gasteiger partial charge on any atom is 0.270 e. The summed E-state index contributed by atoms with van der Waals surface area (Å²) in [5.41, 5.74) is 1.36. The average molecular weight is 273 g/mol. The molecule has 0 aliphatic heterocycles. The van der Waals surface area contributed by atoms with Gasteiger partial charge in [0, 0.05) is 17.7 Å². The number of aromatic nitrogens is 2. The lowest BCUT2D eigenvalue weighted by molar-refractivity contribution is -0.384. The Bertz CT molecular complexity index is 800. The van der Waals surface area contributed by atoms with Crippen molar-refractivity contribution in [2.45, 2.75) is 6.67 Å². The minimum atomic E-state index is -0.686. The minimum absolute atomic E-state index is 0.0536. The molecule has 0 saturated heterocycles. The van der Waals surface area contributed by atoms with Gasteiger partial charge in [0.1, 0.15) is 6.67 Å². The lowest BCUT2D eigenvalue weighted by Gasteiger charge is -1.94. The van der Waals surface area contributed by atoms with Crippen LogP contribution in [0.3, 0.4) is 0 Å². The third-order valence-electron chi connectivity index (χ3n) is 2.75. The summed E-state index contributed by atoms with van der Waals surface area (Å²) < 4.78 is 18.0. The molecule has 7 heteroatoms. The molecule has 0 saturated carbocycles. The van der Waals surface area contributed by atoms with E-state index in [4.69, 9.17) is 4.42 Å². The zero-order valence-electron chi connectivity index (χ0n) is 10.1. The molecule has 3 rings (SSSR count). The van der Waals surface area contributed by atoms with Crippen LogP contribution in [0.15, 0.2) is 40.8 Å². The van der Waals surface area contributed by atoms with Crippen molar-refractivity contribution in [3.05, 3.63) is 52.2 Å². The summed E-state index contributed by atoms with van der Waals surface area (Å²) in [6.45, 7) is -0.686. The van der Waals surface area contributed by atoms with E-state index < -0.39 is 11.6 Å². The lowest BCUT2D eigenvalue weighted by atomic mass is 10.2. The standard InChI is InChI=1S/C13H8FN3O3/c14-7-9-4-5-11-12(15-9)16-13(20-11)8-2-1-3-10(6-8)17(18)19/h1-6H,7H2. The van der Waals surface area contributed by atoms with E-state index in [0.29, 0.717) is 11.1 Å². The van der Waals surface area contributed by atoms with Crippen molar-refractivity contribution in [3.8, 4) is 11.5 Å². The highest BCUT2D eigenvalue weighted by Gasteiger charge is 2.13. The third kappa shape index (κ3) is 2.09. The molecule has 0 N–H and O–H groups in total. The van der Waals surface area contributed by atoms with Crippen LogP contribution in [-0.2, 0) is 6.67 Å². The van der Waals surface area contributed by atoms with Gasteiger partial charge in [-0.05, 0) is 18.2 Å². The number of hydrogen-bond donors (Lipinski definition) is 0. The SMILES string of the molecule is O=[N+]([O-])c1cccc(-c2nc3nc(CF)ccc3o2)c1. The van der Waals surface area contributed by atoms with E-state index in [1.165, 1.54) is 18.2 Å². The van der Waals surface area contributed by atoms with Crippen LogP contribution in [0.1, 0.15) is 5.69 Å². The molecule has 0 unspecified atom stereocenters. The van der Waals surface area contributed by atoms with Crippen molar-refractivity contribution in [2.24, 2.45) is 0 Å². The fourth-order valence-corrected chi connectivity index (χ4v) is 1.81. The predicted molar refractivity (Wildman–Crippen MR) is 68.7 cm³/mol. The largest absolute Gasteiger partial charge is 0.434 e. The summed E-state index contributed by atoms with van der Waals surface area (Å²) in [7, 11) is 0. The molecule has 3 aromatic rings. The molecule has 100 valence electrons. The number of oxazole rings is 1. The Morgan fingerprint density at radius 2 is 2.10 bits per heavy atom. The van der Waals surface area contributed by atoms with Gasteiger partial charge in [0.15, 0.2) is 11.2 Å². The van der Waals surface area contributed by atoms with E-state index in [9.17, 15) is 14.5 Å². The monoisotopic (exact) mass is 273 g/mol. The minimum Gasteiger partial charge on any atom is -0.434 e. The highest BCUT2D eigenvalue weighted by Crippen LogP contribution is 2.26. The van der Waals surface area contributed by atoms with Crippen LogP contribution in [0.2, 0.25) is 0 Å². The van der Waals surface area contributed by atoms with Crippen LogP contribution in [0.4, 0.5) is 10.1 Å². The van der Waals surface area contributed by atoms with Crippen molar-refractivity contribution in [2.75, 3.05) is 0 Å². The van der Waals surface area contributed by atoms with Crippen molar-refractivity contribution in [1.29, 1.82) is 0 Å². The molecule has 0 aliphatic carbocycles. The molecule has 0 fully saturated rings. The Kier molecular flexibility index (Phi) is 2.86. The maximum atomic E-state index is 12.5. The first-order chi connectivity index (χ1) is 9.67. The smallest absolute Gasteiger partial charge is 0.270 e. The summed E-state index contributed by atoms with van der Waals surface area (Å²) in [4.78, 5) is 18.4. The summed E-state index contributed by atoms with van der Waals surface area (Å²) in [6.07, 6.45) is 0. The molecule has 0 atom stereocenters. The van der Waals surface area contributed by atoms with Crippen LogP contribution in [0.5, 0.6) is 0 Å². The number of nitrogens with zero attached hydrogens (tertiary/aromatic N) is 3. The van der Waals surface area contributed by atoms with Crippen LogP contribution in [0.25, 0.3) is 22.7 Å². The molecule has 0 radical (unpaired) electrons. The molecule has 2 heterocycles. The zero-order valence-corrected chi connectivity index (χ0v) is 10.1. The first kappa shape index (κ1) is 12.2. The van der Waals surface area contributed by atoms with E-state index >= 15 is 0 Å². The second-order valence-corrected chi connectivity index (χ2v) is 4.08. The van der Waals surface area contributed by atoms with Crippen LogP contribution >= 0.6 is 0 Å². The summed E-state index contributed by atoms with van der Waals surface area (Å²) >= 11 is 0. The number of nitro groups is 1. The summed E-state index contributed by atoms with van der Waals surface area (Å²) in [5.74, 6) is 0.215. The summed E-state index contributed by atoms with van der Waals surface area (Å²) in [5, 5.41) is 10.7. The fraction of sp³-hybridized carbons (Fsp3) is 0.0769. The van der Waals surface area contributed by atoms with Gasteiger partial charge in [-0.1, -0.05) is 6.07 Å². The quantitative estimate of drug-likeness (QED) is 0.540. The van der Waals surface area contributed by atoms with Gasteiger partial charge in [0.25, 0.3) is 5.69 Å². The Balaban J connectivity index is 2.10. The zero-order chi connectivity index (χ0) is 14.1. The molecule has 1 aromatic carbocycles. The van der Waals surface area contributed by atoms with Crippen molar-refractivity contribution in [1.82, 2.24) is 9.97 Å². The van der Waals surface area contributed by atoms with Gasteiger partial charge in [0.2, 0.25) is 5.89 Å². The maximum absolute atomic E-state index is 12.5. The predicted octanol–water partition coefficient (Wildman–Crippen LogP) is 3.27. The molecule has 6 nitrogen and oxygen atoms in total. The van der Waals surface area contributed by atoms with E-state index in [2.05, 4.69) is 9.97 Å². The molecule has 0 spiro atoms. The van der Waals surface area contributed by atoms with Gasteiger partial charge in [-0.3, -0.25) is 10.1 Å². The molecular formula is C13H8FN3O3. The number of benzene rings is 1. The van der Waals surface area contributed by atoms with E-state index in [1.807, 2.05) is 0 Å². The van der Waals surface area contributed by atoms with Gasteiger partial charge < -0.3 is 4.42 Å². The number of non-ortho nitro benzene ring substituents is 1. The second kappa shape index (κ2) is 4.69. The highest BCUT2D eigenvalue weighted by molar-refractivity contribution is 5.73. The molecule has 0 amide bonds. The first-order valence-corrected chi connectivity index (χ1v) is 5.74.